The molecule has 1 aliphatic heterocycles. The minimum Gasteiger partial charge on any atom is -0.356 e. The minimum absolute atomic E-state index is 0.441. The molecular formula is C10H13ClFN3S. The Morgan fingerprint density at radius 3 is 2.75 bits per heavy atom. The molecule has 1 aliphatic rings. The number of anilines is 1. The number of aromatic nitrogens is 2. The molecule has 0 aliphatic carbocycles. The van der Waals surface area contributed by atoms with E-state index in [0.29, 0.717) is 36.2 Å². The molecule has 0 aromatic carbocycles. The lowest BCUT2D eigenvalue weighted by Gasteiger charge is -2.29. The Balaban J connectivity index is 2.16. The maximum Gasteiger partial charge on any atom is 0.190 e. The van der Waals surface area contributed by atoms with Crippen LogP contribution in [0.15, 0.2) is 11.2 Å². The van der Waals surface area contributed by atoms with Gasteiger partial charge in [0.05, 0.1) is 0 Å². The predicted molar refractivity (Wildman–Crippen MR) is 65.2 cm³/mol. The van der Waals surface area contributed by atoms with E-state index in [2.05, 4.69) is 14.9 Å². The van der Waals surface area contributed by atoms with Crippen molar-refractivity contribution in [2.75, 3.05) is 24.2 Å². The Bertz CT molecular complexity index is 369. The lowest BCUT2D eigenvalue weighted by Crippen LogP contribution is -2.35. The van der Waals surface area contributed by atoms with Gasteiger partial charge in [0.15, 0.2) is 5.16 Å². The molecule has 1 aromatic heterocycles. The van der Waals surface area contributed by atoms with Crippen LogP contribution in [0, 0.1) is 0 Å². The van der Waals surface area contributed by atoms with Crippen LogP contribution in [0.3, 0.4) is 0 Å². The number of hydrogen-bond donors (Lipinski definition) is 0. The number of alkyl halides is 1. The highest BCUT2D eigenvalue weighted by Crippen LogP contribution is 2.23. The number of halogens is 2. The molecule has 0 radical (unpaired) electrons. The number of nitrogens with zero attached hydrogens (tertiary/aromatic N) is 3. The van der Waals surface area contributed by atoms with Crippen molar-refractivity contribution in [1.29, 1.82) is 0 Å². The Labute approximate surface area is 103 Å². The van der Waals surface area contributed by atoms with Crippen LogP contribution in [0.5, 0.6) is 0 Å². The van der Waals surface area contributed by atoms with E-state index in [-0.39, 0.29) is 0 Å². The minimum atomic E-state index is -0.673. The first-order valence-corrected chi connectivity index (χ1v) is 6.77. The second kappa shape index (κ2) is 5.19. The number of piperidine rings is 1. The fourth-order valence-corrected chi connectivity index (χ4v) is 2.32. The fourth-order valence-electron chi connectivity index (χ4n) is 1.72. The Hall–Kier alpha value is -0.550. The van der Waals surface area contributed by atoms with Crippen LogP contribution in [0.1, 0.15) is 12.8 Å². The smallest absolute Gasteiger partial charge is 0.190 e. The maximum absolute atomic E-state index is 13.0. The Kier molecular flexibility index (Phi) is 3.86. The first-order chi connectivity index (χ1) is 7.69. The van der Waals surface area contributed by atoms with Crippen molar-refractivity contribution in [2.24, 2.45) is 0 Å². The first kappa shape index (κ1) is 11.9. The summed E-state index contributed by atoms with van der Waals surface area (Å²) in [6.07, 6.45) is 2.36. The third-order valence-electron chi connectivity index (χ3n) is 2.59. The van der Waals surface area contributed by atoms with Crippen LogP contribution in [0.4, 0.5) is 10.2 Å². The summed E-state index contributed by atoms with van der Waals surface area (Å²) in [4.78, 5) is 10.5. The van der Waals surface area contributed by atoms with Crippen LogP contribution in [-0.2, 0) is 0 Å². The van der Waals surface area contributed by atoms with Gasteiger partial charge in [0.1, 0.15) is 17.1 Å². The van der Waals surface area contributed by atoms with Crippen molar-refractivity contribution in [2.45, 2.75) is 24.2 Å². The summed E-state index contributed by atoms with van der Waals surface area (Å²) in [7, 11) is 0. The second-order valence-corrected chi connectivity index (χ2v) is 4.86. The van der Waals surface area contributed by atoms with Gasteiger partial charge in [0.25, 0.3) is 0 Å². The third kappa shape index (κ3) is 2.77. The van der Waals surface area contributed by atoms with Gasteiger partial charge in [-0.1, -0.05) is 23.4 Å². The van der Waals surface area contributed by atoms with Crippen molar-refractivity contribution in [3.63, 3.8) is 0 Å². The van der Waals surface area contributed by atoms with Crippen LogP contribution < -0.4 is 4.90 Å². The molecule has 0 atom stereocenters. The Morgan fingerprint density at radius 1 is 1.44 bits per heavy atom. The van der Waals surface area contributed by atoms with Crippen molar-refractivity contribution in [3.05, 3.63) is 11.2 Å². The van der Waals surface area contributed by atoms with E-state index >= 15 is 0 Å². The van der Waals surface area contributed by atoms with Crippen LogP contribution in [0.25, 0.3) is 0 Å². The molecule has 0 unspecified atom stereocenters. The van der Waals surface area contributed by atoms with Gasteiger partial charge in [-0.2, -0.15) is 0 Å². The van der Waals surface area contributed by atoms with Gasteiger partial charge in [-0.3, -0.25) is 0 Å². The molecule has 1 saturated heterocycles. The average molecular weight is 262 g/mol. The van der Waals surface area contributed by atoms with E-state index < -0.39 is 6.17 Å². The van der Waals surface area contributed by atoms with E-state index in [4.69, 9.17) is 11.6 Å². The first-order valence-electron chi connectivity index (χ1n) is 5.16. The van der Waals surface area contributed by atoms with Gasteiger partial charge in [0, 0.05) is 19.2 Å². The fraction of sp³-hybridized carbons (Fsp3) is 0.600. The molecule has 3 nitrogen and oxygen atoms in total. The quantitative estimate of drug-likeness (QED) is 0.465. The molecule has 2 rings (SSSR count). The van der Waals surface area contributed by atoms with Crippen molar-refractivity contribution in [1.82, 2.24) is 9.97 Å². The molecule has 2 heterocycles. The topological polar surface area (TPSA) is 29.0 Å². The van der Waals surface area contributed by atoms with E-state index in [1.165, 1.54) is 11.8 Å². The van der Waals surface area contributed by atoms with Crippen LogP contribution in [-0.4, -0.2) is 35.5 Å². The zero-order valence-corrected chi connectivity index (χ0v) is 10.6. The van der Waals surface area contributed by atoms with E-state index in [1.807, 2.05) is 6.26 Å². The third-order valence-corrected chi connectivity index (χ3v) is 3.33. The number of rotatable bonds is 2. The highest BCUT2D eigenvalue weighted by molar-refractivity contribution is 7.98. The van der Waals surface area contributed by atoms with Gasteiger partial charge in [0.2, 0.25) is 0 Å². The zero-order valence-electron chi connectivity index (χ0n) is 8.99. The van der Waals surface area contributed by atoms with Gasteiger partial charge in [-0.15, -0.1) is 0 Å². The standard InChI is InChI=1S/C10H13ClFN3S/c1-16-10-13-8(11)6-9(14-10)15-4-2-7(12)3-5-15/h6-7H,2-5H2,1H3. The molecule has 88 valence electrons. The molecule has 0 amide bonds. The van der Waals surface area contributed by atoms with E-state index in [0.717, 1.165) is 5.82 Å². The molecule has 0 saturated carbocycles. The molecule has 0 bridgehead atoms. The highest BCUT2D eigenvalue weighted by Gasteiger charge is 2.20. The summed E-state index contributed by atoms with van der Waals surface area (Å²) in [5.41, 5.74) is 0. The second-order valence-electron chi connectivity index (χ2n) is 3.70. The summed E-state index contributed by atoms with van der Waals surface area (Å²) in [6, 6.07) is 1.74. The zero-order chi connectivity index (χ0) is 11.5. The molecular weight excluding hydrogens is 249 g/mol. The van der Waals surface area contributed by atoms with Gasteiger partial charge in [-0.05, 0) is 19.1 Å². The van der Waals surface area contributed by atoms with Gasteiger partial charge >= 0.3 is 0 Å². The van der Waals surface area contributed by atoms with E-state index in [9.17, 15) is 4.39 Å². The largest absolute Gasteiger partial charge is 0.356 e. The molecule has 0 N–H and O–H groups in total. The van der Waals surface area contributed by atoms with Crippen molar-refractivity contribution >= 4 is 29.2 Å². The van der Waals surface area contributed by atoms with Crippen LogP contribution >= 0.6 is 23.4 Å². The van der Waals surface area contributed by atoms with Gasteiger partial charge < -0.3 is 4.90 Å². The molecule has 0 spiro atoms. The van der Waals surface area contributed by atoms with Crippen molar-refractivity contribution < 1.29 is 4.39 Å². The summed E-state index contributed by atoms with van der Waals surface area (Å²) in [5, 5.41) is 1.10. The van der Waals surface area contributed by atoms with Crippen LogP contribution in [0.2, 0.25) is 5.15 Å². The molecule has 16 heavy (non-hydrogen) atoms. The molecule has 1 fully saturated rings. The predicted octanol–water partition coefficient (Wildman–Crippen LogP) is 2.79. The molecule has 6 heteroatoms. The normalized spacial score (nSPS) is 17.8. The van der Waals surface area contributed by atoms with Crippen molar-refractivity contribution in [3.8, 4) is 0 Å². The van der Waals surface area contributed by atoms with E-state index in [1.54, 1.807) is 6.07 Å². The SMILES string of the molecule is CSc1nc(Cl)cc(N2CCC(F)CC2)n1. The molecule has 1 aromatic rings. The lowest BCUT2D eigenvalue weighted by atomic mass is 10.1. The summed E-state index contributed by atoms with van der Waals surface area (Å²) in [6.45, 7) is 1.39. The highest BCUT2D eigenvalue weighted by atomic mass is 35.5. The number of hydrogen-bond acceptors (Lipinski definition) is 4. The number of thioether (sulfide) groups is 1. The Morgan fingerprint density at radius 2 is 2.12 bits per heavy atom. The average Bonchev–Trinajstić information content (AvgIpc) is 2.29. The summed E-state index contributed by atoms with van der Waals surface area (Å²) < 4.78 is 13.0. The summed E-state index contributed by atoms with van der Waals surface area (Å²) in [5.74, 6) is 0.802. The maximum atomic E-state index is 13.0. The monoisotopic (exact) mass is 261 g/mol. The summed E-state index contributed by atoms with van der Waals surface area (Å²) >= 11 is 7.37. The van der Waals surface area contributed by atoms with Gasteiger partial charge in [-0.25, -0.2) is 14.4 Å². The lowest BCUT2D eigenvalue weighted by molar-refractivity contribution is 0.276.